The van der Waals surface area contributed by atoms with Crippen LogP contribution in [-0.4, -0.2) is 49.9 Å². The Morgan fingerprint density at radius 2 is 1.74 bits per heavy atom. The van der Waals surface area contributed by atoms with Crippen LogP contribution >= 0.6 is 11.6 Å². The van der Waals surface area contributed by atoms with Crippen LogP contribution in [0, 0.1) is 10.1 Å². The molecule has 2 aromatic rings. The van der Waals surface area contributed by atoms with Crippen molar-refractivity contribution < 1.29 is 27.6 Å². The molecule has 2 aromatic carbocycles. The van der Waals surface area contributed by atoms with Crippen LogP contribution in [0.2, 0.25) is 5.02 Å². The number of amides is 1. The minimum atomic E-state index is -3.82. The molecule has 1 amide bonds. The predicted octanol–water partition coefficient (Wildman–Crippen LogP) is 3.06. The molecule has 1 fully saturated rings. The highest BCUT2D eigenvalue weighted by Crippen LogP contribution is 2.37. The summed E-state index contributed by atoms with van der Waals surface area (Å²) in [6.45, 7) is 1.30. The van der Waals surface area contributed by atoms with E-state index in [1.807, 2.05) is 0 Å². The van der Waals surface area contributed by atoms with E-state index >= 15 is 0 Å². The summed E-state index contributed by atoms with van der Waals surface area (Å²) in [4.78, 5) is 23.5. The number of fused-ring (bicyclic) bond motifs is 1. The fraction of sp³-hybridized carbons (Fsp3) is 0.316. The first kappa shape index (κ1) is 21.3. The van der Waals surface area contributed by atoms with Crippen LogP contribution in [0.1, 0.15) is 23.2 Å². The lowest BCUT2D eigenvalue weighted by molar-refractivity contribution is -0.385. The molecule has 1 N–H and O–H groups in total. The van der Waals surface area contributed by atoms with Crippen LogP contribution in [-0.2, 0) is 10.0 Å². The van der Waals surface area contributed by atoms with Gasteiger partial charge in [-0.25, -0.2) is 8.42 Å². The monoisotopic (exact) mass is 467 g/mol. The molecule has 0 radical (unpaired) electrons. The summed E-state index contributed by atoms with van der Waals surface area (Å²) >= 11 is 6.12. The SMILES string of the molecule is O=C(Nc1ccc(Cl)c(S(=O)(=O)N2CCCC2)c1)c1cc2c(cc1[N+](=O)[O-])OCCO2. The minimum Gasteiger partial charge on any atom is -0.486 e. The van der Waals surface area contributed by atoms with E-state index in [9.17, 15) is 23.3 Å². The molecule has 0 aromatic heterocycles. The number of nitrogens with zero attached hydrogens (tertiary/aromatic N) is 2. The van der Waals surface area contributed by atoms with Crippen molar-refractivity contribution in [1.29, 1.82) is 0 Å². The quantitative estimate of drug-likeness (QED) is 0.528. The summed E-state index contributed by atoms with van der Waals surface area (Å²) in [7, 11) is -3.82. The summed E-state index contributed by atoms with van der Waals surface area (Å²) < 4.78 is 37.8. The Morgan fingerprint density at radius 1 is 1.10 bits per heavy atom. The highest BCUT2D eigenvalue weighted by molar-refractivity contribution is 7.89. The third kappa shape index (κ3) is 4.16. The number of benzene rings is 2. The molecule has 31 heavy (non-hydrogen) atoms. The Labute approximate surface area is 182 Å². The van der Waals surface area contributed by atoms with Gasteiger partial charge in [-0.3, -0.25) is 14.9 Å². The molecular weight excluding hydrogens is 450 g/mol. The number of anilines is 1. The van der Waals surface area contributed by atoms with E-state index in [4.69, 9.17) is 21.1 Å². The van der Waals surface area contributed by atoms with Gasteiger partial charge in [0.25, 0.3) is 11.6 Å². The molecule has 0 bridgehead atoms. The molecule has 2 heterocycles. The van der Waals surface area contributed by atoms with Crippen LogP contribution in [0.25, 0.3) is 0 Å². The van der Waals surface area contributed by atoms with Crippen molar-refractivity contribution in [2.45, 2.75) is 17.7 Å². The first-order valence-corrected chi connectivity index (χ1v) is 11.3. The summed E-state index contributed by atoms with van der Waals surface area (Å²) in [5.41, 5.74) is -0.565. The largest absolute Gasteiger partial charge is 0.486 e. The van der Waals surface area contributed by atoms with Crippen LogP contribution < -0.4 is 14.8 Å². The highest BCUT2D eigenvalue weighted by atomic mass is 35.5. The smallest absolute Gasteiger partial charge is 0.286 e. The Balaban J connectivity index is 1.66. The lowest BCUT2D eigenvalue weighted by Crippen LogP contribution is -2.28. The number of rotatable bonds is 5. The van der Waals surface area contributed by atoms with E-state index in [0.717, 1.165) is 18.9 Å². The van der Waals surface area contributed by atoms with Crippen molar-refractivity contribution >= 4 is 38.9 Å². The molecule has 164 valence electrons. The first-order chi connectivity index (χ1) is 14.8. The maximum absolute atomic E-state index is 12.9. The normalized spacial score (nSPS) is 16.2. The molecule has 0 spiro atoms. The van der Waals surface area contributed by atoms with Gasteiger partial charge in [0, 0.05) is 24.8 Å². The van der Waals surface area contributed by atoms with Crippen molar-refractivity contribution in [3.05, 3.63) is 51.0 Å². The standard InChI is InChI=1S/C19H18ClN3O7S/c20-14-4-3-12(9-18(14)31(27,28)22-5-1-2-6-22)21-19(24)13-10-16-17(30-8-7-29-16)11-15(13)23(25)26/h3-4,9-11H,1-2,5-8H2,(H,21,24). The number of sulfonamides is 1. The van der Waals surface area contributed by atoms with Crippen molar-refractivity contribution in [2.24, 2.45) is 0 Å². The summed E-state index contributed by atoms with van der Waals surface area (Å²) in [6, 6.07) is 6.40. The number of ether oxygens (including phenoxy) is 2. The maximum Gasteiger partial charge on any atom is 0.286 e. The summed E-state index contributed by atoms with van der Waals surface area (Å²) in [5.74, 6) is -0.397. The number of halogens is 1. The molecule has 4 rings (SSSR count). The lowest BCUT2D eigenvalue weighted by atomic mass is 10.1. The second-order valence-electron chi connectivity index (χ2n) is 6.98. The van der Waals surface area contributed by atoms with Gasteiger partial charge < -0.3 is 14.8 Å². The van der Waals surface area contributed by atoms with E-state index in [1.54, 1.807) is 0 Å². The van der Waals surface area contributed by atoms with E-state index in [2.05, 4.69) is 5.32 Å². The number of carbonyl (C=O) groups excluding carboxylic acids is 1. The van der Waals surface area contributed by atoms with Gasteiger partial charge in [0.1, 0.15) is 23.7 Å². The Bertz CT molecular complexity index is 1160. The number of hydrogen-bond acceptors (Lipinski definition) is 7. The van der Waals surface area contributed by atoms with Gasteiger partial charge in [0.05, 0.1) is 16.0 Å². The average molecular weight is 468 g/mol. The number of nitrogens with one attached hydrogen (secondary N) is 1. The fourth-order valence-electron chi connectivity index (χ4n) is 3.46. The summed E-state index contributed by atoms with van der Waals surface area (Å²) in [5, 5.41) is 14.0. The van der Waals surface area contributed by atoms with Crippen molar-refractivity contribution in [3.8, 4) is 11.5 Å². The topological polar surface area (TPSA) is 128 Å². The number of carbonyl (C=O) groups is 1. The summed E-state index contributed by atoms with van der Waals surface area (Å²) in [6.07, 6.45) is 1.53. The third-order valence-corrected chi connectivity index (χ3v) is 7.35. The van der Waals surface area contributed by atoms with Gasteiger partial charge in [0.15, 0.2) is 11.5 Å². The zero-order valence-electron chi connectivity index (χ0n) is 16.2. The van der Waals surface area contributed by atoms with E-state index in [1.165, 1.54) is 28.6 Å². The Morgan fingerprint density at radius 3 is 2.39 bits per heavy atom. The average Bonchev–Trinajstić information content (AvgIpc) is 3.30. The molecular formula is C19H18ClN3O7S. The lowest BCUT2D eigenvalue weighted by Gasteiger charge is -2.19. The van der Waals surface area contributed by atoms with Crippen LogP contribution in [0.15, 0.2) is 35.2 Å². The number of nitro groups is 1. The zero-order valence-corrected chi connectivity index (χ0v) is 17.7. The van der Waals surface area contributed by atoms with Crippen LogP contribution in [0.3, 0.4) is 0 Å². The molecule has 10 nitrogen and oxygen atoms in total. The molecule has 0 unspecified atom stereocenters. The number of nitro benzene ring substituents is 1. The third-order valence-electron chi connectivity index (χ3n) is 4.97. The van der Waals surface area contributed by atoms with Gasteiger partial charge in [-0.05, 0) is 31.0 Å². The van der Waals surface area contributed by atoms with Gasteiger partial charge >= 0.3 is 0 Å². The van der Waals surface area contributed by atoms with E-state index < -0.39 is 26.5 Å². The highest BCUT2D eigenvalue weighted by Gasteiger charge is 2.30. The zero-order chi connectivity index (χ0) is 22.2. The molecule has 2 aliphatic rings. The van der Waals surface area contributed by atoms with E-state index in [0.29, 0.717) is 13.1 Å². The molecule has 0 saturated carbocycles. The van der Waals surface area contributed by atoms with Crippen molar-refractivity contribution in [3.63, 3.8) is 0 Å². The van der Waals surface area contributed by atoms with Crippen molar-refractivity contribution in [2.75, 3.05) is 31.6 Å². The Kier molecular flexibility index (Phi) is 5.73. The van der Waals surface area contributed by atoms with Crippen molar-refractivity contribution in [1.82, 2.24) is 4.31 Å². The van der Waals surface area contributed by atoms with E-state index in [-0.39, 0.29) is 45.9 Å². The maximum atomic E-state index is 12.9. The molecule has 1 saturated heterocycles. The Hall–Kier alpha value is -2.89. The van der Waals surface area contributed by atoms with Gasteiger partial charge in [-0.15, -0.1) is 0 Å². The van der Waals surface area contributed by atoms with Crippen LogP contribution in [0.4, 0.5) is 11.4 Å². The molecule has 12 heteroatoms. The predicted molar refractivity (Wildman–Crippen MR) is 111 cm³/mol. The minimum absolute atomic E-state index is 0.0233. The molecule has 0 aliphatic carbocycles. The van der Waals surface area contributed by atoms with Gasteiger partial charge in [-0.2, -0.15) is 4.31 Å². The van der Waals surface area contributed by atoms with Crippen LogP contribution in [0.5, 0.6) is 11.5 Å². The molecule has 0 atom stereocenters. The fourth-order valence-corrected chi connectivity index (χ4v) is 5.47. The second-order valence-corrected chi connectivity index (χ2v) is 9.29. The van der Waals surface area contributed by atoms with Gasteiger partial charge in [0.2, 0.25) is 10.0 Å². The first-order valence-electron chi connectivity index (χ1n) is 9.46. The second kappa shape index (κ2) is 8.33. The van der Waals surface area contributed by atoms with Gasteiger partial charge in [-0.1, -0.05) is 11.6 Å². The molecule has 2 aliphatic heterocycles. The number of hydrogen-bond donors (Lipinski definition) is 1.